The molecule has 0 aliphatic heterocycles. The van der Waals surface area contributed by atoms with Crippen LogP contribution in [0.1, 0.15) is 12.8 Å². The van der Waals surface area contributed by atoms with Crippen LogP contribution in [0.2, 0.25) is 0 Å². The van der Waals surface area contributed by atoms with E-state index in [9.17, 15) is 19.4 Å². The SMILES string of the molecule is O=C(Nc1ccc(F)cc1)C1(C(O)Nc2ccc(O)cc2)CC1. The van der Waals surface area contributed by atoms with Crippen molar-refractivity contribution in [3.05, 3.63) is 54.3 Å². The molecule has 1 fully saturated rings. The predicted octanol–water partition coefficient (Wildman–Crippen LogP) is 2.68. The van der Waals surface area contributed by atoms with Crippen LogP contribution < -0.4 is 10.6 Å². The highest BCUT2D eigenvalue weighted by Crippen LogP contribution is 2.49. The van der Waals surface area contributed by atoms with Crippen LogP contribution in [0.25, 0.3) is 0 Å². The van der Waals surface area contributed by atoms with Gasteiger partial charge < -0.3 is 20.8 Å². The molecule has 0 heterocycles. The first kappa shape index (κ1) is 15.3. The Labute approximate surface area is 132 Å². The van der Waals surface area contributed by atoms with E-state index in [-0.39, 0.29) is 17.5 Å². The van der Waals surface area contributed by atoms with Gasteiger partial charge in [-0.15, -0.1) is 0 Å². The Kier molecular flexibility index (Phi) is 3.92. The molecule has 0 spiro atoms. The van der Waals surface area contributed by atoms with Crippen LogP contribution in [0.15, 0.2) is 48.5 Å². The zero-order chi connectivity index (χ0) is 16.4. The predicted molar refractivity (Wildman–Crippen MR) is 84.4 cm³/mol. The minimum atomic E-state index is -1.05. The van der Waals surface area contributed by atoms with E-state index < -0.39 is 11.6 Å². The van der Waals surface area contributed by atoms with E-state index in [0.717, 1.165) is 0 Å². The summed E-state index contributed by atoms with van der Waals surface area (Å²) in [6.07, 6.45) is 0.0749. The lowest BCUT2D eigenvalue weighted by molar-refractivity contribution is -0.124. The lowest BCUT2D eigenvalue weighted by Crippen LogP contribution is -2.39. The first-order valence-corrected chi connectivity index (χ1v) is 7.30. The molecule has 120 valence electrons. The largest absolute Gasteiger partial charge is 0.508 e. The Hall–Kier alpha value is -2.60. The molecule has 2 aromatic rings. The average molecular weight is 316 g/mol. The molecule has 6 heteroatoms. The number of aliphatic hydroxyl groups excluding tert-OH is 1. The Balaban J connectivity index is 1.66. The Morgan fingerprint density at radius 3 is 2.17 bits per heavy atom. The fraction of sp³-hybridized carbons (Fsp3) is 0.235. The zero-order valence-electron chi connectivity index (χ0n) is 12.3. The van der Waals surface area contributed by atoms with Crippen LogP contribution in [-0.4, -0.2) is 22.3 Å². The number of aliphatic hydroxyl groups is 1. The molecule has 4 N–H and O–H groups in total. The van der Waals surface area contributed by atoms with Crippen LogP contribution in [0.4, 0.5) is 15.8 Å². The standard InChI is InChI=1S/C17H17FN2O3/c18-11-1-3-12(4-2-11)19-15(22)17(9-10-17)16(23)20-13-5-7-14(21)8-6-13/h1-8,16,20-21,23H,9-10H2,(H,19,22). The number of carbonyl (C=O) groups is 1. The summed E-state index contributed by atoms with van der Waals surface area (Å²) in [4.78, 5) is 12.4. The molecule has 1 amide bonds. The van der Waals surface area contributed by atoms with Crippen LogP contribution in [0.3, 0.4) is 0 Å². The molecule has 23 heavy (non-hydrogen) atoms. The third kappa shape index (κ3) is 3.27. The first-order valence-electron chi connectivity index (χ1n) is 7.30. The van der Waals surface area contributed by atoms with Crippen molar-refractivity contribution >= 4 is 17.3 Å². The van der Waals surface area contributed by atoms with E-state index in [4.69, 9.17) is 0 Å². The van der Waals surface area contributed by atoms with Gasteiger partial charge in [-0.25, -0.2) is 4.39 Å². The summed E-state index contributed by atoms with van der Waals surface area (Å²) in [5.41, 5.74) is 0.197. The fourth-order valence-corrected chi connectivity index (χ4v) is 2.40. The van der Waals surface area contributed by atoms with E-state index in [1.54, 1.807) is 12.1 Å². The molecule has 0 saturated heterocycles. The van der Waals surface area contributed by atoms with Crippen molar-refractivity contribution in [2.24, 2.45) is 5.41 Å². The number of aromatic hydroxyl groups is 1. The van der Waals surface area contributed by atoms with Crippen LogP contribution >= 0.6 is 0 Å². The maximum atomic E-state index is 12.9. The quantitative estimate of drug-likeness (QED) is 0.505. The molecule has 1 unspecified atom stereocenters. The van der Waals surface area contributed by atoms with E-state index in [0.29, 0.717) is 24.2 Å². The highest BCUT2D eigenvalue weighted by molar-refractivity contribution is 5.97. The number of amides is 1. The van der Waals surface area contributed by atoms with Crippen molar-refractivity contribution in [1.82, 2.24) is 0 Å². The monoisotopic (exact) mass is 316 g/mol. The lowest BCUT2D eigenvalue weighted by Gasteiger charge is -2.23. The number of phenolic OH excluding ortho intramolecular Hbond substituents is 1. The Morgan fingerprint density at radius 1 is 1.04 bits per heavy atom. The molecule has 1 saturated carbocycles. The number of hydrogen-bond acceptors (Lipinski definition) is 4. The van der Waals surface area contributed by atoms with Gasteiger partial charge in [0, 0.05) is 11.4 Å². The number of rotatable bonds is 5. The molecular weight excluding hydrogens is 299 g/mol. The van der Waals surface area contributed by atoms with Crippen molar-refractivity contribution in [2.45, 2.75) is 19.1 Å². The first-order chi connectivity index (χ1) is 11.0. The minimum absolute atomic E-state index is 0.125. The molecule has 0 radical (unpaired) electrons. The number of nitrogens with one attached hydrogen (secondary N) is 2. The van der Waals surface area contributed by atoms with Crippen molar-refractivity contribution in [3.63, 3.8) is 0 Å². The van der Waals surface area contributed by atoms with Crippen molar-refractivity contribution in [1.29, 1.82) is 0 Å². The molecule has 1 aliphatic rings. The number of phenols is 1. The summed E-state index contributed by atoms with van der Waals surface area (Å²) in [5, 5.41) is 25.2. The second kappa shape index (κ2) is 5.89. The molecule has 0 aromatic heterocycles. The Morgan fingerprint density at radius 2 is 1.61 bits per heavy atom. The summed E-state index contributed by atoms with van der Waals surface area (Å²) in [6, 6.07) is 11.7. The second-order valence-electron chi connectivity index (χ2n) is 5.71. The molecular formula is C17H17FN2O3. The topological polar surface area (TPSA) is 81.6 Å². The van der Waals surface area contributed by atoms with E-state index in [1.165, 1.54) is 36.4 Å². The summed E-state index contributed by atoms with van der Waals surface area (Å²) in [5.74, 6) is -0.554. The number of carbonyl (C=O) groups excluding carboxylic acids is 1. The van der Waals surface area contributed by atoms with Gasteiger partial charge in [0.1, 0.15) is 17.8 Å². The van der Waals surface area contributed by atoms with Gasteiger partial charge in [0.2, 0.25) is 5.91 Å². The fourth-order valence-electron chi connectivity index (χ4n) is 2.40. The third-order valence-electron chi connectivity index (χ3n) is 4.04. The van der Waals surface area contributed by atoms with E-state index >= 15 is 0 Å². The van der Waals surface area contributed by atoms with Gasteiger partial charge in [0.05, 0.1) is 5.41 Å². The summed E-state index contributed by atoms with van der Waals surface area (Å²) >= 11 is 0. The van der Waals surface area contributed by atoms with Crippen molar-refractivity contribution < 1.29 is 19.4 Å². The van der Waals surface area contributed by atoms with Crippen molar-refractivity contribution in [2.75, 3.05) is 10.6 Å². The molecule has 5 nitrogen and oxygen atoms in total. The summed E-state index contributed by atoms with van der Waals surface area (Å²) in [7, 11) is 0. The van der Waals surface area contributed by atoms with E-state index in [1.807, 2.05) is 0 Å². The third-order valence-corrected chi connectivity index (χ3v) is 4.04. The number of halogens is 1. The minimum Gasteiger partial charge on any atom is -0.508 e. The van der Waals surface area contributed by atoms with Gasteiger partial charge in [0.15, 0.2) is 0 Å². The second-order valence-corrected chi connectivity index (χ2v) is 5.71. The average Bonchev–Trinajstić information content (AvgIpc) is 3.34. The van der Waals surface area contributed by atoms with Gasteiger partial charge in [-0.1, -0.05) is 0 Å². The van der Waals surface area contributed by atoms with E-state index in [2.05, 4.69) is 10.6 Å². The number of anilines is 2. The van der Waals surface area contributed by atoms with Crippen LogP contribution in [-0.2, 0) is 4.79 Å². The molecule has 3 rings (SSSR count). The molecule has 1 aliphatic carbocycles. The molecule has 1 atom stereocenters. The normalized spacial score (nSPS) is 16.4. The van der Waals surface area contributed by atoms with Crippen LogP contribution in [0, 0.1) is 11.2 Å². The Bertz CT molecular complexity index is 697. The van der Waals surface area contributed by atoms with Gasteiger partial charge in [-0.2, -0.15) is 0 Å². The van der Waals surface area contributed by atoms with Gasteiger partial charge >= 0.3 is 0 Å². The number of hydrogen-bond donors (Lipinski definition) is 4. The summed E-state index contributed by atoms with van der Waals surface area (Å²) in [6.45, 7) is 0. The van der Waals surface area contributed by atoms with Crippen LogP contribution in [0.5, 0.6) is 5.75 Å². The van der Waals surface area contributed by atoms with Gasteiger partial charge in [0.25, 0.3) is 0 Å². The van der Waals surface area contributed by atoms with Gasteiger partial charge in [-0.3, -0.25) is 4.79 Å². The zero-order valence-corrected chi connectivity index (χ0v) is 12.3. The maximum absolute atomic E-state index is 12.9. The van der Waals surface area contributed by atoms with Crippen molar-refractivity contribution in [3.8, 4) is 5.75 Å². The molecule has 2 aromatic carbocycles. The molecule has 0 bridgehead atoms. The lowest BCUT2D eigenvalue weighted by atomic mass is 10.0. The van der Waals surface area contributed by atoms with Gasteiger partial charge in [-0.05, 0) is 61.4 Å². The maximum Gasteiger partial charge on any atom is 0.235 e. The summed E-state index contributed by atoms with van der Waals surface area (Å²) < 4.78 is 12.9. The smallest absolute Gasteiger partial charge is 0.235 e. The highest BCUT2D eigenvalue weighted by Gasteiger charge is 2.55. The number of benzene rings is 2. The highest BCUT2D eigenvalue weighted by atomic mass is 19.1.